The Kier molecular flexibility index (Phi) is 5.71. The summed E-state index contributed by atoms with van der Waals surface area (Å²) in [6.45, 7) is 0. The van der Waals surface area contributed by atoms with Crippen LogP contribution in [0.3, 0.4) is 0 Å². The number of amides is 1. The molecule has 0 aliphatic carbocycles. The number of nitrogens with one attached hydrogen (secondary N) is 2. The Bertz CT molecular complexity index is 923. The molecule has 2 aromatic rings. The number of H-pyrrole nitrogens is 1. The van der Waals surface area contributed by atoms with Crippen molar-refractivity contribution >= 4 is 11.9 Å². The van der Waals surface area contributed by atoms with Crippen LogP contribution < -0.4 is 5.32 Å². The first kappa shape index (κ1) is 18.3. The number of hydrogen-bond donors (Lipinski definition) is 2. The van der Waals surface area contributed by atoms with Crippen LogP contribution in [0.4, 0.5) is 0 Å². The Morgan fingerprint density at radius 3 is 2.46 bits per heavy atom. The fraction of sp³-hybridized carbons (Fsp3) is 0.167. The summed E-state index contributed by atoms with van der Waals surface area (Å²) in [6, 6.07) is 5.30. The Morgan fingerprint density at radius 2 is 2.00 bits per heavy atom. The van der Waals surface area contributed by atoms with Crippen LogP contribution in [0, 0.1) is 35.0 Å². The number of ether oxygens (including phenoxy) is 1. The summed E-state index contributed by atoms with van der Waals surface area (Å²) in [5.41, 5.74) is 0.836. The molecule has 1 heterocycles. The molecular weight excluding hydrogens is 334 g/mol. The molecule has 1 atom stereocenters. The van der Waals surface area contributed by atoms with Crippen molar-refractivity contribution < 1.29 is 14.3 Å². The highest BCUT2D eigenvalue weighted by molar-refractivity contribution is 5.97. The Labute approximate surface area is 149 Å². The van der Waals surface area contributed by atoms with Crippen molar-refractivity contribution in [3.63, 3.8) is 0 Å². The summed E-state index contributed by atoms with van der Waals surface area (Å²) in [6.07, 6.45) is 8.42. The molecule has 1 aromatic heterocycles. The normalized spacial score (nSPS) is 10.7. The van der Waals surface area contributed by atoms with Gasteiger partial charge in [-0.1, -0.05) is 5.92 Å². The third-order valence-electron chi connectivity index (χ3n) is 3.56. The number of carbonyl (C=O) groups excluding carboxylic acids is 2. The minimum absolute atomic E-state index is 0.0277. The topological polar surface area (TPSA) is 132 Å². The van der Waals surface area contributed by atoms with E-state index < -0.39 is 17.9 Å². The molecule has 0 bridgehead atoms. The largest absolute Gasteiger partial charge is 0.467 e. The summed E-state index contributed by atoms with van der Waals surface area (Å²) in [4.78, 5) is 31.2. The van der Waals surface area contributed by atoms with E-state index in [1.54, 1.807) is 0 Å². The second-order valence-corrected chi connectivity index (χ2v) is 5.14. The van der Waals surface area contributed by atoms with Gasteiger partial charge in [0.15, 0.2) is 0 Å². The molecule has 8 nitrogen and oxygen atoms in total. The van der Waals surface area contributed by atoms with E-state index in [2.05, 4.69) is 21.2 Å². The molecule has 0 radical (unpaired) electrons. The van der Waals surface area contributed by atoms with Gasteiger partial charge in [-0.25, -0.2) is 9.78 Å². The third kappa shape index (κ3) is 3.87. The van der Waals surface area contributed by atoms with Crippen LogP contribution in [0.1, 0.15) is 32.7 Å². The summed E-state index contributed by atoms with van der Waals surface area (Å²) in [5, 5.41) is 20.9. The van der Waals surface area contributed by atoms with Gasteiger partial charge in [-0.05, 0) is 12.1 Å². The van der Waals surface area contributed by atoms with Crippen LogP contribution in [-0.4, -0.2) is 35.0 Å². The second-order valence-electron chi connectivity index (χ2n) is 5.14. The molecule has 0 aliphatic rings. The smallest absolute Gasteiger partial charge is 0.328 e. The summed E-state index contributed by atoms with van der Waals surface area (Å²) in [7, 11) is 1.21. The predicted octanol–water partition coefficient (Wildman–Crippen LogP) is 0.648. The molecule has 0 fully saturated rings. The zero-order valence-corrected chi connectivity index (χ0v) is 13.7. The lowest BCUT2D eigenvalue weighted by molar-refractivity contribution is -0.142. The quantitative estimate of drug-likeness (QED) is 0.603. The van der Waals surface area contributed by atoms with Gasteiger partial charge in [0, 0.05) is 23.9 Å². The van der Waals surface area contributed by atoms with E-state index in [0.29, 0.717) is 5.69 Å². The van der Waals surface area contributed by atoms with E-state index in [-0.39, 0.29) is 28.7 Å². The zero-order chi connectivity index (χ0) is 19.1. The van der Waals surface area contributed by atoms with Gasteiger partial charge in [0.1, 0.15) is 18.2 Å². The lowest BCUT2D eigenvalue weighted by Gasteiger charge is -2.16. The fourth-order valence-corrected chi connectivity index (χ4v) is 2.30. The van der Waals surface area contributed by atoms with Crippen LogP contribution in [0.5, 0.6) is 0 Å². The number of methoxy groups -OCH3 is 1. The molecular formula is C18H13N5O3. The van der Waals surface area contributed by atoms with Gasteiger partial charge >= 0.3 is 5.97 Å². The zero-order valence-electron chi connectivity index (χ0n) is 13.7. The molecule has 0 spiro atoms. The van der Waals surface area contributed by atoms with Gasteiger partial charge in [-0.3, -0.25) is 4.79 Å². The first-order valence-corrected chi connectivity index (χ1v) is 7.34. The van der Waals surface area contributed by atoms with E-state index in [0.717, 1.165) is 0 Å². The maximum Gasteiger partial charge on any atom is 0.328 e. The summed E-state index contributed by atoms with van der Waals surface area (Å²) in [5.74, 6) is 0.982. The molecule has 2 rings (SSSR count). The van der Waals surface area contributed by atoms with Crippen molar-refractivity contribution in [2.45, 2.75) is 12.5 Å². The Hall–Kier alpha value is -4.09. The van der Waals surface area contributed by atoms with Crippen LogP contribution in [0.25, 0.3) is 0 Å². The molecule has 8 heteroatoms. The highest BCUT2D eigenvalue weighted by Crippen LogP contribution is 2.16. The minimum Gasteiger partial charge on any atom is -0.467 e. The number of aromatic amines is 1. The van der Waals surface area contributed by atoms with Crippen molar-refractivity contribution in [2.24, 2.45) is 0 Å². The van der Waals surface area contributed by atoms with Gasteiger partial charge in [0.05, 0.1) is 30.1 Å². The minimum atomic E-state index is -0.976. The number of nitriles is 2. The molecule has 0 saturated heterocycles. The van der Waals surface area contributed by atoms with Gasteiger partial charge in [-0.15, -0.1) is 6.42 Å². The predicted molar refractivity (Wildman–Crippen MR) is 89.4 cm³/mol. The van der Waals surface area contributed by atoms with Gasteiger partial charge in [0.25, 0.3) is 5.91 Å². The summed E-state index contributed by atoms with van der Waals surface area (Å²) < 4.78 is 4.71. The number of imidazole rings is 1. The van der Waals surface area contributed by atoms with Crippen LogP contribution in [0.2, 0.25) is 0 Å². The number of benzene rings is 1. The monoisotopic (exact) mass is 347 g/mol. The standard InChI is InChI=1S/C18H13N5O3/c1-3-15-12(7-19)4-11(5-13(15)8-20)17(24)23-16(18(25)26-2)6-14-9-21-10-22-14/h1,4-5,9-10,16H,6H2,2H3,(H,21,22)(H,23,24)/t16-/m1/s1. The lowest BCUT2D eigenvalue weighted by Crippen LogP contribution is -2.43. The van der Waals surface area contributed by atoms with Crippen LogP contribution in [-0.2, 0) is 16.0 Å². The maximum absolute atomic E-state index is 12.5. The molecule has 1 aromatic carbocycles. The van der Waals surface area contributed by atoms with E-state index >= 15 is 0 Å². The Balaban J connectivity index is 2.32. The second kappa shape index (κ2) is 8.14. The fourth-order valence-electron chi connectivity index (χ4n) is 2.30. The van der Waals surface area contributed by atoms with E-state index in [4.69, 9.17) is 11.2 Å². The number of carbonyl (C=O) groups is 2. The highest BCUT2D eigenvalue weighted by atomic mass is 16.5. The number of terminal acetylenes is 1. The van der Waals surface area contributed by atoms with Crippen molar-refractivity contribution in [3.8, 4) is 24.5 Å². The molecule has 128 valence electrons. The first-order chi connectivity index (χ1) is 12.5. The highest BCUT2D eigenvalue weighted by Gasteiger charge is 2.24. The van der Waals surface area contributed by atoms with E-state index in [1.165, 1.54) is 31.8 Å². The molecule has 0 unspecified atom stereocenters. The van der Waals surface area contributed by atoms with Crippen LogP contribution in [0.15, 0.2) is 24.7 Å². The van der Waals surface area contributed by atoms with Crippen molar-refractivity contribution in [2.75, 3.05) is 7.11 Å². The average Bonchev–Trinajstić information content (AvgIpc) is 3.18. The molecule has 26 heavy (non-hydrogen) atoms. The van der Waals surface area contributed by atoms with Crippen molar-refractivity contribution in [3.05, 3.63) is 52.6 Å². The number of nitrogens with zero attached hydrogens (tertiary/aromatic N) is 3. The molecule has 0 saturated carbocycles. The molecule has 0 aliphatic heterocycles. The number of esters is 1. The number of hydrogen-bond acceptors (Lipinski definition) is 6. The van der Waals surface area contributed by atoms with E-state index in [1.807, 2.05) is 12.1 Å². The molecule has 1 amide bonds. The lowest BCUT2D eigenvalue weighted by atomic mass is 9.98. The van der Waals surface area contributed by atoms with Crippen LogP contribution >= 0.6 is 0 Å². The number of aromatic nitrogens is 2. The van der Waals surface area contributed by atoms with Gasteiger partial charge in [0.2, 0.25) is 0 Å². The first-order valence-electron chi connectivity index (χ1n) is 7.34. The Morgan fingerprint density at radius 1 is 1.35 bits per heavy atom. The summed E-state index contributed by atoms with van der Waals surface area (Å²) >= 11 is 0. The SMILES string of the molecule is C#Cc1c(C#N)cc(C(=O)N[C@H](Cc2cnc[nH]2)C(=O)OC)cc1C#N. The third-order valence-corrected chi connectivity index (χ3v) is 3.56. The maximum atomic E-state index is 12.5. The van der Waals surface area contributed by atoms with Crippen molar-refractivity contribution in [1.29, 1.82) is 10.5 Å². The van der Waals surface area contributed by atoms with E-state index in [9.17, 15) is 20.1 Å². The number of rotatable bonds is 5. The molecule has 2 N–H and O–H groups in total. The average molecular weight is 347 g/mol. The van der Waals surface area contributed by atoms with Crippen molar-refractivity contribution in [1.82, 2.24) is 15.3 Å². The van der Waals surface area contributed by atoms with Gasteiger partial charge in [-0.2, -0.15) is 10.5 Å². The van der Waals surface area contributed by atoms with Gasteiger partial charge < -0.3 is 15.0 Å².